The number of aromatic nitrogens is 3. The third-order valence-corrected chi connectivity index (χ3v) is 4.55. The molecule has 0 bridgehead atoms. The first-order valence-electron chi connectivity index (χ1n) is 9.35. The number of pyridine rings is 1. The highest BCUT2D eigenvalue weighted by molar-refractivity contribution is 5.96. The number of carbonyl (C=O) groups is 2. The van der Waals surface area contributed by atoms with E-state index in [1.807, 2.05) is 19.9 Å². The highest BCUT2D eigenvalue weighted by Crippen LogP contribution is 2.30. The molecule has 1 aliphatic rings. The summed E-state index contributed by atoms with van der Waals surface area (Å²) < 4.78 is 18.0. The van der Waals surface area contributed by atoms with Crippen molar-refractivity contribution in [1.29, 1.82) is 0 Å². The molecular formula is C20H21N5O5. The molecule has 2 amide bonds. The number of hydrogen-bond acceptors (Lipinski definition) is 7. The van der Waals surface area contributed by atoms with Crippen LogP contribution in [0.1, 0.15) is 21.6 Å². The summed E-state index contributed by atoms with van der Waals surface area (Å²) in [5, 5.41) is 5.03. The molecule has 3 aromatic rings. The van der Waals surface area contributed by atoms with Crippen molar-refractivity contribution in [2.45, 2.75) is 13.8 Å². The first-order chi connectivity index (χ1) is 14.4. The van der Waals surface area contributed by atoms with Crippen LogP contribution in [-0.2, 0) is 11.8 Å². The molecule has 0 unspecified atom stereocenters. The lowest BCUT2D eigenvalue weighted by Crippen LogP contribution is -2.43. The summed E-state index contributed by atoms with van der Waals surface area (Å²) in [6.45, 7) is 4.40. The van der Waals surface area contributed by atoms with Crippen molar-refractivity contribution in [3.63, 3.8) is 0 Å². The minimum Gasteiger partial charge on any atom is -0.486 e. The van der Waals surface area contributed by atoms with Crippen molar-refractivity contribution in [2.75, 3.05) is 19.8 Å². The van der Waals surface area contributed by atoms with Gasteiger partial charge in [-0.3, -0.25) is 20.4 Å². The molecule has 0 fully saturated rings. The third-order valence-electron chi connectivity index (χ3n) is 4.55. The zero-order chi connectivity index (χ0) is 21.3. The maximum Gasteiger partial charge on any atom is 0.276 e. The topological polar surface area (TPSA) is 117 Å². The van der Waals surface area contributed by atoms with Crippen molar-refractivity contribution >= 4 is 22.8 Å². The number of carbonyl (C=O) groups excluding carboxylic acids is 2. The quantitative estimate of drug-likeness (QED) is 0.620. The Kier molecular flexibility index (Phi) is 5.13. The number of benzene rings is 1. The molecule has 2 N–H and O–H groups in total. The standard InChI is InChI=1S/C20H21N5O5/c1-11-8-12(2)21-18-17(11)20(24-25(18)3)30-10-16(26)22-23-19(27)13-4-5-14-15(9-13)29-7-6-28-14/h4-5,8-9H,6-7,10H2,1-3H3,(H,22,26)(H,23,27). The number of hydrazine groups is 1. The van der Waals surface area contributed by atoms with Gasteiger partial charge in [0, 0.05) is 18.3 Å². The summed E-state index contributed by atoms with van der Waals surface area (Å²) in [7, 11) is 1.76. The lowest BCUT2D eigenvalue weighted by molar-refractivity contribution is -0.123. The Labute approximate surface area is 172 Å². The molecule has 4 rings (SSSR count). The van der Waals surface area contributed by atoms with E-state index in [4.69, 9.17) is 14.2 Å². The van der Waals surface area contributed by atoms with Crippen LogP contribution in [0.15, 0.2) is 24.3 Å². The summed E-state index contributed by atoms with van der Waals surface area (Å²) >= 11 is 0. The Balaban J connectivity index is 1.36. The lowest BCUT2D eigenvalue weighted by atomic mass is 10.2. The van der Waals surface area contributed by atoms with Gasteiger partial charge in [-0.05, 0) is 43.7 Å². The molecule has 0 atom stereocenters. The minimum atomic E-state index is -0.530. The van der Waals surface area contributed by atoms with Crippen LogP contribution in [0.2, 0.25) is 0 Å². The second-order valence-corrected chi connectivity index (χ2v) is 6.86. The molecule has 10 nitrogen and oxygen atoms in total. The summed E-state index contributed by atoms with van der Waals surface area (Å²) in [5.74, 6) is 0.366. The molecule has 156 valence electrons. The number of rotatable bonds is 4. The van der Waals surface area contributed by atoms with E-state index in [0.717, 1.165) is 16.6 Å². The van der Waals surface area contributed by atoms with Crippen LogP contribution >= 0.6 is 0 Å². The molecule has 30 heavy (non-hydrogen) atoms. The van der Waals surface area contributed by atoms with Gasteiger partial charge < -0.3 is 14.2 Å². The van der Waals surface area contributed by atoms with Crippen LogP contribution in [0.4, 0.5) is 0 Å². The molecule has 1 aromatic carbocycles. The molecule has 0 radical (unpaired) electrons. The van der Waals surface area contributed by atoms with E-state index in [1.165, 1.54) is 0 Å². The fourth-order valence-corrected chi connectivity index (χ4v) is 3.20. The van der Waals surface area contributed by atoms with E-state index >= 15 is 0 Å². The summed E-state index contributed by atoms with van der Waals surface area (Å²) in [5.41, 5.74) is 7.50. The molecule has 3 heterocycles. The summed E-state index contributed by atoms with van der Waals surface area (Å²) in [6, 6.07) is 6.72. The van der Waals surface area contributed by atoms with Gasteiger partial charge in [-0.1, -0.05) is 0 Å². The zero-order valence-corrected chi connectivity index (χ0v) is 16.8. The predicted molar refractivity (Wildman–Crippen MR) is 107 cm³/mol. The van der Waals surface area contributed by atoms with Crippen molar-refractivity contribution < 1.29 is 23.8 Å². The molecule has 0 saturated carbocycles. The third kappa shape index (κ3) is 3.84. The van der Waals surface area contributed by atoms with E-state index in [-0.39, 0.29) is 6.61 Å². The van der Waals surface area contributed by atoms with Crippen LogP contribution < -0.4 is 25.1 Å². The van der Waals surface area contributed by atoms with Gasteiger partial charge in [0.05, 0.1) is 5.39 Å². The molecule has 2 aromatic heterocycles. The van der Waals surface area contributed by atoms with Gasteiger partial charge in [0.2, 0.25) is 5.88 Å². The van der Waals surface area contributed by atoms with Crippen LogP contribution in [0.3, 0.4) is 0 Å². The maximum atomic E-state index is 12.3. The van der Waals surface area contributed by atoms with Crippen LogP contribution in [0.5, 0.6) is 17.4 Å². The fourth-order valence-electron chi connectivity index (χ4n) is 3.20. The van der Waals surface area contributed by atoms with Gasteiger partial charge in [0.15, 0.2) is 23.8 Å². The number of fused-ring (bicyclic) bond motifs is 2. The molecule has 10 heteroatoms. The fraction of sp³-hybridized carbons (Fsp3) is 0.300. The predicted octanol–water partition coefficient (Wildman–Crippen LogP) is 1.20. The number of amides is 2. The Bertz CT molecular complexity index is 1140. The summed E-state index contributed by atoms with van der Waals surface area (Å²) in [6.07, 6.45) is 0. The second kappa shape index (κ2) is 7.90. The first kappa shape index (κ1) is 19.5. The first-order valence-corrected chi connectivity index (χ1v) is 9.35. The average Bonchev–Trinajstić information content (AvgIpc) is 3.05. The molecule has 1 aliphatic heterocycles. The smallest absolute Gasteiger partial charge is 0.276 e. The van der Waals surface area contributed by atoms with E-state index < -0.39 is 11.8 Å². The van der Waals surface area contributed by atoms with E-state index in [2.05, 4.69) is 20.9 Å². The van der Waals surface area contributed by atoms with Crippen LogP contribution in [-0.4, -0.2) is 46.4 Å². The second-order valence-electron chi connectivity index (χ2n) is 6.86. The Morgan fingerprint density at radius 3 is 2.70 bits per heavy atom. The van der Waals surface area contributed by atoms with E-state index in [1.54, 1.807) is 29.9 Å². The van der Waals surface area contributed by atoms with E-state index in [0.29, 0.717) is 41.8 Å². The number of nitrogens with zero attached hydrogens (tertiary/aromatic N) is 3. The van der Waals surface area contributed by atoms with Crippen LogP contribution in [0.25, 0.3) is 11.0 Å². The van der Waals surface area contributed by atoms with Crippen molar-refractivity contribution in [1.82, 2.24) is 25.6 Å². The van der Waals surface area contributed by atoms with Crippen LogP contribution in [0, 0.1) is 13.8 Å². The zero-order valence-electron chi connectivity index (χ0n) is 16.8. The van der Waals surface area contributed by atoms with Gasteiger partial charge in [-0.2, -0.15) is 0 Å². The van der Waals surface area contributed by atoms with E-state index in [9.17, 15) is 9.59 Å². The Morgan fingerprint density at radius 1 is 1.13 bits per heavy atom. The molecular weight excluding hydrogens is 390 g/mol. The lowest BCUT2D eigenvalue weighted by Gasteiger charge is -2.18. The van der Waals surface area contributed by atoms with Gasteiger partial charge in [-0.25, -0.2) is 9.67 Å². The Hall–Kier alpha value is -3.82. The normalized spacial score (nSPS) is 12.5. The van der Waals surface area contributed by atoms with Gasteiger partial charge in [0.1, 0.15) is 13.2 Å². The van der Waals surface area contributed by atoms with Crippen molar-refractivity contribution in [3.05, 3.63) is 41.1 Å². The number of nitrogens with one attached hydrogen (secondary N) is 2. The van der Waals surface area contributed by atoms with Crippen molar-refractivity contribution in [3.8, 4) is 17.4 Å². The highest BCUT2D eigenvalue weighted by atomic mass is 16.6. The highest BCUT2D eigenvalue weighted by Gasteiger charge is 2.17. The average molecular weight is 411 g/mol. The minimum absolute atomic E-state index is 0.311. The molecule has 0 aliphatic carbocycles. The summed E-state index contributed by atoms with van der Waals surface area (Å²) in [4.78, 5) is 28.8. The van der Waals surface area contributed by atoms with Gasteiger partial charge in [0.25, 0.3) is 11.8 Å². The molecule has 0 spiro atoms. The number of ether oxygens (including phenoxy) is 3. The maximum absolute atomic E-state index is 12.3. The Morgan fingerprint density at radius 2 is 1.90 bits per heavy atom. The van der Waals surface area contributed by atoms with Gasteiger partial charge in [-0.15, -0.1) is 5.10 Å². The van der Waals surface area contributed by atoms with Crippen molar-refractivity contribution in [2.24, 2.45) is 7.05 Å². The number of hydrogen-bond donors (Lipinski definition) is 2. The number of aryl methyl sites for hydroxylation is 3. The van der Waals surface area contributed by atoms with Gasteiger partial charge >= 0.3 is 0 Å². The molecule has 0 saturated heterocycles. The largest absolute Gasteiger partial charge is 0.486 e. The monoisotopic (exact) mass is 411 g/mol. The SMILES string of the molecule is Cc1cc(C)c2c(OCC(=O)NNC(=O)c3ccc4c(c3)OCCO4)nn(C)c2n1.